The van der Waals surface area contributed by atoms with E-state index < -0.39 is 5.66 Å². The lowest BCUT2D eigenvalue weighted by Crippen LogP contribution is -2.58. The molecule has 4 heteroatoms. The lowest BCUT2D eigenvalue weighted by Gasteiger charge is -2.43. The molecule has 1 saturated heterocycles. The maximum Gasteiger partial charge on any atom is 0.231 e. The van der Waals surface area contributed by atoms with Gasteiger partial charge >= 0.3 is 0 Å². The molecule has 96 valence electrons. The molecule has 17 heavy (non-hydrogen) atoms. The van der Waals surface area contributed by atoms with E-state index in [2.05, 4.69) is 0 Å². The van der Waals surface area contributed by atoms with Gasteiger partial charge in [0.25, 0.3) is 0 Å². The summed E-state index contributed by atoms with van der Waals surface area (Å²) in [6.07, 6.45) is 3.38. The summed E-state index contributed by atoms with van der Waals surface area (Å²) in [5.41, 5.74) is 0.497. The van der Waals surface area contributed by atoms with Crippen molar-refractivity contribution in [2.75, 3.05) is 14.1 Å². The minimum Gasteiger partial charge on any atom is -0.283 e. The molecule has 1 unspecified atom stereocenters. The summed E-state index contributed by atoms with van der Waals surface area (Å²) >= 11 is 0. The number of rotatable bonds is 4. The maximum atomic E-state index is 11.9. The van der Waals surface area contributed by atoms with Crippen molar-refractivity contribution >= 4 is 11.8 Å². The van der Waals surface area contributed by atoms with Crippen molar-refractivity contribution in [3.8, 4) is 0 Å². The van der Waals surface area contributed by atoms with Crippen molar-refractivity contribution in [3.63, 3.8) is 0 Å². The molecule has 0 radical (unpaired) electrons. The number of likely N-dealkylation sites (N-methyl/N-ethyl adjacent to an activating group) is 1. The molecule has 1 aliphatic rings. The normalized spacial score (nSPS) is 19.8. The second-order valence-corrected chi connectivity index (χ2v) is 4.97. The number of amides is 2. The Balaban J connectivity index is 3.26. The highest BCUT2D eigenvalue weighted by atomic mass is 16.2. The Morgan fingerprint density at radius 3 is 2.06 bits per heavy atom. The highest BCUT2D eigenvalue weighted by Crippen LogP contribution is 2.31. The van der Waals surface area contributed by atoms with Crippen LogP contribution < -0.4 is 0 Å². The van der Waals surface area contributed by atoms with Crippen molar-refractivity contribution in [1.29, 1.82) is 0 Å². The molecule has 1 aliphatic heterocycles. The molecule has 0 aromatic heterocycles. The van der Waals surface area contributed by atoms with Crippen LogP contribution in [0.5, 0.6) is 0 Å². The predicted molar refractivity (Wildman–Crippen MR) is 67.2 cm³/mol. The zero-order chi connectivity index (χ0) is 13.2. The van der Waals surface area contributed by atoms with Crippen LogP contribution in [0.1, 0.15) is 40.0 Å². The summed E-state index contributed by atoms with van der Waals surface area (Å²) < 4.78 is 0. The summed E-state index contributed by atoms with van der Waals surface area (Å²) in [6, 6.07) is 0. The first kappa shape index (κ1) is 13.9. The van der Waals surface area contributed by atoms with Crippen LogP contribution in [0.2, 0.25) is 0 Å². The van der Waals surface area contributed by atoms with Crippen molar-refractivity contribution in [3.05, 3.63) is 11.6 Å². The number of likely N-dealkylation sites (tertiary alicyclic amines) is 1. The van der Waals surface area contributed by atoms with Crippen molar-refractivity contribution in [2.24, 2.45) is 0 Å². The van der Waals surface area contributed by atoms with Gasteiger partial charge in [-0.3, -0.25) is 19.4 Å². The van der Waals surface area contributed by atoms with Crippen LogP contribution in [0, 0.1) is 0 Å². The topological polar surface area (TPSA) is 40.6 Å². The summed E-state index contributed by atoms with van der Waals surface area (Å²) in [4.78, 5) is 27.2. The molecule has 0 saturated carbocycles. The fourth-order valence-corrected chi connectivity index (χ4v) is 2.44. The van der Waals surface area contributed by atoms with E-state index in [1.54, 1.807) is 0 Å². The first-order valence-corrected chi connectivity index (χ1v) is 6.04. The molecule has 0 spiro atoms. The molecular weight excluding hydrogens is 216 g/mol. The van der Waals surface area contributed by atoms with Gasteiger partial charge in [0.05, 0.1) is 0 Å². The fourth-order valence-electron chi connectivity index (χ4n) is 2.44. The van der Waals surface area contributed by atoms with E-state index in [0.717, 1.165) is 5.57 Å². The molecule has 1 fully saturated rings. The molecular formula is C13H22N2O2. The molecule has 1 rings (SSSR count). The van der Waals surface area contributed by atoms with Crippen LogP contribution in [-0.2, 0) is 9.59 Å². The average molecular weight is 238 g/mol. The summed E-state index contributed by atoms with van der Waals surface area (Å²) in [5, 5.41) is 0. The van der Waals surface area contributed by atoms with Gasteiger partial charge in [-0.05, 0) is 40.4 Å². The van der Waals surface area contributed by atoms with Crippen LogP contribution >= 0.6 is 0 Å². The summed E-state index contributed by atoms with van der Waals surface area (Å²) in [6.45, 7) is 5.97. The monoisotopic (exact) mass is 238 g/mol. The van der Waals surface area contributed by atoms with Gasteiger partial charge in [-0.2, -0.15) is 0 Å². The molecule has 2 amide bonds. The number of imide groups is 1. The van der Waals surface area contributed by atoms with E-state index >= 15 is 0 Å². The first-order chi connectivity index (χ1) is 7.85. The number of carbonyl (C=O) groups is 2. The van der Waals surface area contributed by atoms with Gasteiger partial charge in [-0.15, -0.1) is 0 Å². The minimum absolute atomic E-state index is 0.0666. The minimum atomic E-state index is -0.608. The number of carbonyl (C=O) groups excluding carboxylic acids is 2. The Bertz CT molecular complexity index is 340. The molecule has 0 aromatic rings. The number of nitrogens with zero attached hydrogens (tertiary/aromatic N) is 2. The third-order valence-corrected chi connectivity index (χ3v) is 3.25. The second-order valence-electron chi connectivity index (χ2n) is 4.97. The SMILES string of the molecule is CCC(C=C(C)C)(N(C)C)N1C(=O)CCC1=O. The van der Waals surface area contributed by atoms with Crippen LogP contribution in [0.3, 0.4) is 0 Å². The van der Waals surface area contributed by atoms with E-state index in [0.29, 0.717) is 19.3 Å². The predicted octanol–water partition coefficient (Wildman–Crippen LogP) is 1.77. The van der Waals surface area contributed by atoms with E-state index in [9.17, 15) is 9.59 Å². The summed E-state index contributed by atoms with van der Waals surface area (Å²) in [5.74, 6) is -0.133. The lowest BCUT2D eigenvalue weighted by atomic mass is 10.0. The van der Waals surface area contributed by atoms with Crippen LogP contribution in [0.15, 0.2) is 11.6 Å². The largest absolute Gasteiger partial charge is 0.283 e. The van der Waals surface area contributed by atoms with Gasteiger partial charge in [0.15, 0.2) is 0 Å². The molecule has 4 nitrogen and oxygen atoms in total. The van der Waals surface area contributed by atoms with Gasteiger partial charge in [0.1, 0.15) is 5.66 Å². The quantitative estimate of drug-likeness (QED) is 0.553. The average Bonchev–Trinajstić information content (AvgIpc) is 2.55. The molecule has 1 atom stereocenters. The number of hydrogen-bond acceptors (Lipinski definition) is 3. The number of allylic oxidation sites excluding steroid dienone is 1. The van der Waals surface area contributed by atoms with Gasteiger partial charge in [0.2, 0.25) is 11.8 Å². The highest BCUT2D eigenvalue weighted by Gasteiger charge is 2.45. The lowest BCUT2D eigenvalue weighted by molar-refractivity contribution is -0.150. The van der Waals surface area contributed by atoms with E-state index in [4.69, 9.17) is 0 Å². The fraction of sp³-hybridized carbons (Fsp3) is 0.692. The Morgan fingerprint density at radius 2 is 1.76 bits per heavy atom. The molecule has 1 heterocycles. The van der Waals surface area contributed by atoms with Gasteiger partial charge in [-0.25, -0.2) is 0 Å². The second kappa shape index (κ2) is 5.00. The van der Waals surface area contributed by atoms with Crippen molar-refractivity contribution in [1.82, 2.24) is 9.80 Å². The summed E-state index contributed by atoms with van der Waals surface area (Å²) in [7, 11) is 3.81. The molecule has 0 bridgehead atoms. The Morgan fingerprint density at radius 1 is 1.29 bits per heavy atom. The highest BCUT2D eigenvalue weighted by molar-refractivity contribution is 6.03. The Kier molecular flexibility index (Phi) is 4.09. The van der Waals surface area contributed by atoms with Crippen LogP contribution in [0.25, 0.3) is 0 Å². The zero-order valence-corrected chi connectivity index (χ0v) is 11.4. The van der Waals surface area contributed by atoms with E-state index in [1.165, 1.54) is 4.90 Å². The maximum absolute atomic E-state index is 11.9. The van der Waals surface area contributed by atoms with Gasteiger partial charge < -0.3 is 0 Å². The molecule has 0 aromatic carbocycles. The van der Waals surface area contributed by atoms with Gasteiger partial charge in [-0.1, -0.05) is 12.5 Å². The zero-order valence-electron chi connectivity index (χ0n) is 11.4. The third kappa shape index (κ3) is 2.41. The van der Waals surface area contributed by atoms with Gasteiger partial charge in [0, 0.05) is 12.8 Å². The van der Waals surface area contributed by atoms with Crippen LogP contribution in [-0.4, -0.2) is 41.4 Å². The Labute approximate surface area is 103 Å². The van der Waals surface area contributed by atoms with Crippen LogP contribution in [0.4, 0.5) is 0 Å². The van der Waals surface area contributed by atoms with Crippen molar-refractivity contribution < 1.29 is 9.59 Å². The van der Waals surface area contributed by atoms with E-state index in [1.807, 2.05) is 45.8 Å². The molecule has 0 N–H and O–H groups in total. The van der Waals surface area contributed by atoms with E-state index in [-0.39, 0.29) is 11.8 Å². The number of hydrogen-bond donors (Lipinski definition) is 0. The molecule has 0 aliphatic carbocycles. The standard InChI is InChI=1S/C13H22N2O2/c1-6-13(14(4)5,9-10(2)3)15-11(16)7-8-12(15)17/h9H,6-8H2,1-5H3. The smallest absolute Gasteiger partial charge is 0.231 e. The first-order valence-electron chi connectivity index (χ1n) is 6.04. The van der Waals surface area contributed by atoms with Crippen molar-refractivity contribution in [2.45, 2.75) is 45.7 Å². The third-order valence-electron chi connectivity index (χ3n) is 3.25. The Hall–Kier alpha value is -1.16.